The number of hydrogen-bond donors (Lipinski definition) is 1. The molecule has 0 amide bonds. The largest absolute Gasteiger partial charge is 0.382 e. The second-order valence-corrected chi connectivity index (χ2v) is 4.92. The summed E-state index contributed by atoms with van der Waals surface area (Å²) in [6.07, 6.45) is 3.77. The molecule has 0 bridgehead atoms. The van der Waals surface area contributed by atoms with E-state index in [4.69, 9.17) is 4.74 Å². The molecule has 2 nitrogen and oxygen atoms in total. The fourth-order valence-electron chi connectivity index (χ4n) is 1.65. The van der Waals surface area contributed by atoms with Crippen LogP contribution in [0.25, 0.3) is 0 Å². The smallest absolute Gasteiger partial charge is 0.0558 e. The Morgan fingerprint density at radius 3 is 2.87 bits per heavy atom. The van der Waals surface area contributed by atoms with Crippen molar-refractivity contribution in [2.45, 2.75) is 38.3 Å². The molecule has 86 valence electrons. The summed E-state index contributed by atoms with van der Waals surface area (Å²) in [7, 11) is 3.80. The molecule has 0 aliphatic heterocycles. The van der Waals surface area contributed by atoms with Gasteiger partial charge in [0.1, 0.15) is 0 Å². The van der Waals surface area contributed by atoms with Gasteiger partial charge in [-0.2, -0.15) is 0 Å². The molecule has 0 saturated carbocycles. The molecule has 3 heteroatoms. The number of aryl methyl sites for hydroxylation is 1. The van der Waals surface area contributed by atoms with Crippen molar-refractivity contribution in [3.63, 3.8) is 0 Å². The third-order valence-corrected chi connectivity index (χ3v) is 3.68. The van der Waals surface area contributed by atoms with Crippen LogP contribution in [0.15, 0.2) is 17.5 Å². The van der Waals surface area contributed by atoms with Gasteiger partial charge in [0.15, 0.2) is 0 Å². The Morgan fingerprint density at radius 2 is 2.33 bits per heavy atom. The summed E-state index contributed by atoms with van der Waals surface area (Å²) >= 11 is 1.84. The maximum atomic E-state index is 5.28. The molecule has 0 saturated heterocycles. The molecule has 1 heterocycles. The normalized spacial score (nSPS) is 15.1. The van der Waals surface area contributed by atoms with Crippen LogP contribution < -0.4 is 5.32 Å². The van der Waals surface area contributed by atoms with E-state index in [0.29, 0.717) is 12.1 Å². The fourth-order valence-corrected chi connectivity index (χ4v) is 2.37. The van der Waals surface area contributed by atoms with Crippen LogP contribution in [0.3, 0.4) is 0 Å². The van der Waals surface area contributed by atoms with Crippen LogP contribution in [0, 0.1) is 0 Å². The maximum Gasteiger partial charge on any atom is 0.0558 e. The standard InChI is InChI=1S/C12H21NOS/c1-10(14-3)9-11(13-2)6-7-12-5-4-8-15-12/h4-5,8,10-11,13H,6-7,9H2,1-3H3. The molecule has 2 atom stereocenters. The van der Waals surface area contributed by atoms with E-state index >= 15 is 0 Å². The first kappa shape index (κ1) is 12.7. The van der Waals surface area contributed by atoms with Crippen molar-refractivity contribution in [3.8, 4) is 0 Å². The third-order valence-electron chi connectivity index (χ3n) is 2.75. The lowest BCUT2D eigenvalue weighted by atomic mass is 10.0. The summed E-state index contributed by atoms with van der Waals surface area (Å²) in [5, 5.41) is 5.49. The van der Waals surface area contributed by atoms with Gasteiger partial charge in [0.05, 0.1) is 6.10 Å². The van der Waals surface area contributed by atoms with E-state index in [-0.39, 0.29) is 0 Å². The van der Waals surface area contributed by atoms with Gasteiger partial charge in [-0.1, -0.05) is 6.07 Å². The first-order chi connectivity index (χ1) is 7.26. The molecule has 0 aliphatic carbocycles. The second-order valence-electron chi connectivity index (χ2n) is 3.89. The number of hydrogen-bond acceptors (Lipinski definition) is 3. The van der Waals surface area contributed by atoms with Gasteiger partial charge in [-0.3, -0.25) is 0 Å². The topological polar surface area (TPSA) is 21.3 Å². The molecule has 0 radical (unpaired) electrons. The minimum atomic E-state index is 0.339. The number of thiophene rings is 1. The van der Waals surface area contributed by atoms with Crippen molar-refractivity contribution in [2.24, 2.45) is 0 Å². The highest BCUT2D eigenvalue weighted by molar-refractivity contribution is 7.09. The van der Waals surface area contributed by atoms with Crippen LogP contribution in [-0.2, 0) is 11.2 Å². The molecule has 0 aliphatic rings. The summed E-state index contributed by atoms with van der Waals surface area (Å²) in [5.41, 5.74) is 0. The molecule has 0 aromatic carbocycles. The predicted octanol–water partition coefficient (Wildman–Crippen LogP) is 2.69. The van der Waals surface area contributed by atoms with Crippen molar-refractivity contribution >= 4 is 11.3 Å². The van der Waals surface area contributed by atoms with Gasteiger partial charge in [0.2, 0.25) is 0 Å². The zero-order valence-corrected chi connectivity index (χ0v) is 10.6. The SMILES string of the molecule is CNC(CCc1cccs1)CC(C)OC. The lowest BCUT2D eigenvalue weighted by molar-refractivity contribution is 0.100. The quantitative estimate of drug-likeness (QED) is 0.773. The van der Waals surface area contributed by atoms with E-state index in [1.165, 1.54) is 17.7 Å². The van der Waals surface area contributed by atoms with E-state index in [9.17, 15) is 0 Å². The molecule has 1 aromatic heterocycles. The summed E-state index contributed by atoms with van der Waals surface area (Å²) in [5.74, 6) is 0. The second kappa shape index (κ2) is 6.99. The Labute approximate surface area is 96.7 Å². The molecule has 1 N–H and O–H groups in total. The number of ether oxygens (including phenoxy) is 1. The molecule has 0 spiro atoms. The van der Waals surface area contributed by atoms with Crippen LogP contribution >= 0.6 is 11.3 Å². The van der Waals surface area contributed by atoms with Crippen molar-refractivity contribution in [1.82, 2.24) is 5.32 Å². The summed E-state index contributed by atoms with van der Waals surface area (Å²) < 4.78 is 5.28. The predicted molar refractivity (Wildman–Crippen MR) is 66.6 cm³/mol. The summed E-state index contributed by atoms with van der Waals surface area (Å²) in [6, 6.07) is 4.88. The molecule has 0 fully saturated rings. The Morgan fingerprint density at radius 1 is 1.53 bits per heavy atom. The van der Waals surface area contributed by atoms with Gasteiger partial charge >= 0.3 is 0 Å². The van der Waals surface area contributed by atoms with E-state index < -0.39 is 0 Å². The van der Waals surface area contributed by atoms with Crippen LogP contribution in [0.1, 0.15) is 24.6 Å². The Bertz CT molecular complexity index is 248. The highest BCUT2D eigenvalue weighted by Gasteiger charge is 2.10. The lowest BCUT2D eigenvalue weighted by Crippen LogP contribution is -2.29. The minimum absolute atomic E-state index is 0.339. The molecule has 2 unspecified atom stereocenters. The number of rotatable bonds is 7. The van der Waals surface area contributed by atoms with Crippen LogP contribution in [0.5, 0.6) is 0 Å². The third kappa shape index (κ3) is 4.78. The average Bonchev–Trinajstić information content (AvgIpc) is 2.76. The van der Waals surface area contributed by atoms with Gasteiger partial charge in [0, 0.05) is 18.0 Å². The monoisotopic (exact) mass is 227 g/mol. The van der Waals surface area contributed by atoms with E-state index in [1.54, 1.807) is 7.11 Å². The Hall–Kier alpha value is -0.380. The molecule has 1 aromatic rings. The number of nitrogens with one attached hydrogen (secondary N) is 1. The maximum absolute atomic E-state index is 5.28. The molecule has 15 heavy (non-hydrogen) atoms. The van der Waals surface area contributed by atoms with E-state index in [0.717, 1.165) is 6.42 Å². The highest BCUT2D eigenvalue weighted by Crippen LogP contribution is 2.14. The number of methoxy groups -OCH3 is 1. The highest BCUT2D eigenvalue weighted by atomic mass is 32.1. The Kier molecular flexibility index (Phi) is 5.91. The first-order valence-electron chi connectivity index (χ1n) is 5.48. The van der Waals surface area contributed by atoms with Gasteiger partial charge in [-0.25, -0.2) is 0 Å². The van der Waals surface area contributed by atoms with Gasteiger partial charge in [-0.15, -0.1) is 11.3 Å². The summed E-state index contributed by atoms with van der Waals surface area (Å²) in [6.45, 7) is 2.12. The van der Waals surface area contributed by atoms with Crippen LogP contribution in [0.2, 0.25) is 0 Å². The molecular formula is C12H21NOS. The molecular weight excluding hydrogens is 206 g/mol. The zero-order valence-electron chi connectivity index (χ0n) is 9.82. The summed E-state index contributed by atoms with van der Waals surface area (Å²) in [4.78, 5) is 1.47. The van der Waals surface area contributed by atoms with Crippen molar-refractivity contribution in [2.75, 3.05) is 14.2 Å². The van der Waals surface area contributed by atoms with Crippen molar-refractivity contribution in [1.29, 1.82) is 0 Å². The van der Waals surface area contributed by atoms with E-state index in [2.05, 4.69) is 29.8 Å². The van der Waals surface area contributed by atoms with Gasteiger partial charge in [-0.05, 0) is 44.7 Å². The van der Waals surface area contributed by atoms with Crippen LogP contribution in [0.4, 0.5) is 0 Å². The minimum Gasteiger partial charge on any atom is -0.382 e. The zero-order chi connectivity index (χ0) is 11.1. The first-order valence-corrected chi connectivity index (χ1v) is 6.36. The van der Waals surface area contributed by atoms with Crippen molar-refractivity contribution < 1.29 is 4.74 Å². The van der Waals surface area contributed by atoms with Crippen LogP contribution in [-0.4, -0.2) is 26.3 Å². The van der Waals surface area contributed by atoms with Crippen molar-refractivity contribution in [3.05, 3.63) is 22.4 Å². The fraction of sp³-hybridized carbons (Fsp3) is 0.667. The lowest BCUT2D eigenvalue weighted by Gasteiger charge is -2.19. The van der Waals surface area contributed by atoms with Gasteiger partial charge in [0.25, 0.3) is 0 Å². The van der Waals surface area contributed by atoms with Gasteiger partial charge < -0.3 is 10.1 Å². The molecule has 1 rings (SSSR count). The Balaban J connectivity index is 2.27. The average molecular weight is 227 g/mol. The van der Waals surface area contributed by atoms with E-state index in [1.807, 2.05) is 18.4 Å².